The fourth-order valence-corrected chi connectivity index (χ4v) is 3.02. The Bertz CT molecular complexity index is 546. The predicted molar refractivity (Wildman–Crippen MR) is 83.8 cm³/mol. The summed E-state index contributed by atoms with van der Waals surface area (Å²) in [4.78, 5) is 14.0. The molecule has 1 aliphatic carbocycles. The van der Waals surface area contributed by atoms with Crippen LogP contribution in [-0.4, -0.2) is 30.6 Å². The van der Waals surface area contributed by atoms with Gasteiger partial charge in [0, 0.05) is 25.7 Å². The minimum absolute atomic E-state index is 0.263. The second-order valence-corrected chi connectivity index (χ2v) is 6.00. The van der Waals surface area contributed by atoms with Crippen LogP contribution in [0.2, 0.25) is 0 Å². The van der Waals surface area contributed by atoms with Gasteiger partial charge in [-0.15, -0.1) is 0 Å². The van der Waals surface area contributed by atoms with Crippen molar-refractivity contribution in [2.45, 2.75) is 32.7 Å². The van der Waals surface area contributed by atoms with Crippen LogP contribution in [0.1, 0.15) is 36.5 Å². The highest BCUT2D eigenvalue weighted by Gasteiger charge is 2.26. The van der Waals surface area contributed by atoms with Gasteiger partial charge in [-0.25, -0.2) is 4.79 Å². The summed E-state index contributed by atoms with van der Waals surface area (Å²) in [6, 6.07) is 6.39. The van der Waals surface area contributed by atoms with Gasteiger partial charge in [0.25, 0.3) is 0 Å². The smallest absolute Gasteiger partial charge is 0.330 e. The van der Waals surface area contributed by atoms with Crippen LogP contribution < -0.4 is 0 Å². The van der Waals surface area contributed by atoms with E-state index in [0.29, 0.717) is 6.61 Å². The van der Waals surface area contributed by atoms with E-state index in [1.54, 1.807) is 0 Å². The number of hydrogen-bond acceptors (Lipinski definition) is 3. The quantitative estimate of drug-likeness (QED) is 0.615. The molecule has 0 radical (unpaired) electrons. The van der Waals surface area contributed by atoms with Crippen molar-refractivity contribution in [2.24, 2.45) is 5.92 Å². The Balaban J connectivity index is 1.71. The number of benzene rings is 1. The number of ether oxygens (including phenoxy) is 1. The maximum atomic E-state index is 11.4. The number of rotatable bonds is 5. The fourth-order valence-electron chi connectivity index (χ4n) is 3.02. The Kier molecular flexibility index (Phi) is 4.39. The summed E-state index contributed by atoms with van der Waals surface area (Å²) in [6.45, 7) is 5.68. The molecular weight excluding hydrogens is 262 g/mol. The fraction of sp³-hybridized carbons (Fsp3) is 0.500. The lowest BCUT2D eigenvalue weighted by Crippen LogP contribution is -2.32. The molecule has 0 amide bonds. The average Bonchev–Trinajstić information content (AvgIpc) is 3.29. The van der Waals surface area contributed by atoms with Crippen molar-refractivity contribution in [3.05, 3.63) is 41.0 Å². The van der Waals surface area contributed by atoms with Crippen molar-refractivity contribution in [3.63, 3.8) is 0 Å². The molecule has 0 N–H and O–H groups in total. The van der Waals surface area contributed by atoms with Gasteiger partial charge in [0.05, 0.1) is 6.61 Å². The molecule has 112 valence electrons. The molecule has 0 saturated heterocycles. The summed E-state index contributed by atoms with van der Waals surface area (Å²) in [7, 11) is 0. The first-order valence-electron chi connectivity index (χ1n) is 7.94. The molecule has 3 heteroatoms. The number of carbonyl (C=O) groups is 1. The summed E-state index contributed by atoms with van der Waals surface area (Å²) in [5.74, 6) is 0.680. The van der Waals surface area contributed by atoms with Gasteiger partial charge >= 0.3 is 5.97 Å². The third-order valence-corrected chi connectivity index (χ3v) is 4.28. The van der Waals surface area contributed by atoms with E-state index < -0.39 is 0 Å². The van der Waals surface area contributed by atoms with E-state index in [1.807, 2.05) is 13.0 Å². The summed E-state index contributed by atoms with van der Waals surface area (Å²) >= 11 is 0. The molecule has 0 aromatic heterocycles. The van der Waals surface area contributed by atoms with E-state index in [2.05, 4.69) is 23.1 Å². The van der Waals surface area contributed by atoms with Crippen LogP contribution in [0.3, 0.4) is 0 Å². The molecule has 3 rings (SSSR count). The lowest BCUT2D eigenvalue weighted by Gasteiger charge is -2.29. The molecule has 1 aromatic carbocycles. The first-order valence-corrected chi connectivity index (χ1v) is 7.94. The third-order valence-electron chi connectivity index (χ3n) is 4.28. The molecule has 1 aliphatic heterocycles. The molecule has 2 aliphatic rings. The van der Waals surface area contributed by atoms with Gasteiger partial charge in [0.1, 0.15) is 0 Å². The normalized spacial score (nSPS) is 18.7. The SMILES string of the molecule is CCOC(=O)C=Cc1cccc2c1CCN(CC1CC1)C2. The summed E-state index contributed by atoms with van der Waals surface area (Å²) in [6.07, 6.45) is 7.33. The van der Waals surface area contributed by atoms with E-state index >= 15 is 0 Å². The molecule has 0 atom stereocenters. The summed E-state index contributed by atoms with van der Waals surface area (Å²) in [5, 5.41) is 0. The van der Waals surface area contributed by atoms with E-state index in [4.69, 9.17) is 4.74 Å². The zero-order valence-corrected chi connectivity index (χ0v) is 12.7. The molecule has 0 unspecified atom stereocenters. The van der Waals surface area contributed by atoms with Gasteiger partial charge < -0.3 is 4.74 Å². The highest BCUT2D eigenvalue weighted by atomic mass is 16.5. The maximum absolute atomic E-state index is 11.4. The molecule has 1 fully saturated rings. The molecular formula is C18H23NO2. The minimum atomic E-state index is -0.263. The largest absolute Gasteiger partial charge is 0.463 e. The summed E-state index contributed by atoms with van der Waals surface area (Å²) < 4.78 is 4.94. The second kappa shape index (κ2) is 6.44. The highest BCUT2D eigenvalue weighted by Crippen LogP contribution is 2.32. The lowest BCUT2D eigenvalue weighted by molar-refractivity contribution is -0.137. The molecule has 1 saturated carbocycles. The van der Waals surface area contributed by atoms with Crippen molar-refractivity contribution < 1.29 is 9.53 Å². The minimum Gasteiger partial charge on any atom is -0.463 e. The maximum Gasteiger partial charge on any atom is 0.330 e. The number of carbonyl (C=O) groups excluding carboxylic acids is 1. The number of nitrogens with zero attached hydrogens (tertiary/aromatic N) is 1. The Morgan fingerprint density at radius 1 is 1.43 bits per heavy atom. The van der Waals surface area contributed by atoms with Crippen LogP contribution in [0.25, 0.3) is 6.08 Å². The predicted octanol–water partition coefficient (Wildman–Crippen LogP) is 3.03. The van der Waals surface area contributed by atoms with E-state index in [0.717, 1.165) is 31.0 Å². The first kappa shape index (κ1) is 14.3. The van der Waals surface area contributed by atoms with Crippen molar-refractivity contribution in [2.75, 3.05) is 19.7 Å². The van der Waals surface area contributed by atoms with Crippen LogP contribution in [0.5, 0.6) is 0 Å². The summed E-state index contributed by atoms with van der Waals surface area (Å²) in [5.41, 5.74) is 3.96. The number of esters is 1. The van der Waals surface area contributed by atoms with E-state index in [9.17, 15) is 4.79 Å². The third kappa shape index (κ3) is 3.73. The van der Waals surface area contributed by atoms with Crippen LogP contribution in [0.4, 0.5) is 0 Å². The van der Waals surface area contributed by atoms with Gasteiger partial charge in [0.15, 0.2) is 0 Å². The number of fused-ring (bicyclic) bond motifs is 1. The van der Waals surface area contributed by atoms with E-state index in [1.165, 1.54) is 36.6 Å². The molecule has 0 spiro atoms. The highest BCUT2D eigenvalue weighted by molar-refractivity contribution is 5.87. The van der Waals surface area contributed by atoms with Crippen LogP contribution in [-0.2, 0) is 22.5 Å². The van der Waals surface area contributed by atoms with Crippen molar-refractivity contribution in [1.82, 2.24) is 4.90 Å². The average molecular weight is 285 g/mol. The zero-order chi connectivity index (χ0) is 14.7. The van der Waals surface area contributed by atoms with Crippen molar-refractivity contribution in [1.29, 1.82) is 0 Å². The second-order valence-electron chi connectivity index (χ2n) is 6.00. The van der Waals surface area contributed by atoms with Crippen LogP contribution >= 0.6 is 0 Å². The van der Waals surface area contributed by atoms with Gasteiger partial charge in [-0.1, -0.05) is 18.2 Å². The van der Waals surface area contributed by atoms with Gasteiger partial charge in [-0.3, -0.25) is 4.90 Å². The lowest BCUT2D eigenvalue weighted by atomic mass is 9.94. The van der Waals surface area contributed by atoms with Crippen molar-refractivity contribution >= 4 is 12.0 Å². The van der Waals surface area contributed by atoms with Gasteiger partial charge in [-0.05, 0) is 54.9 Å². The Morgan fingerprint density at radius 2 is 2.29 bits per heavy atom. The van der Waals surface area contributed by atoms with Crippen LogP contribution in [0.15, 0.2) is 24.3 Å². The van der Waals surface area contributed by atoms with Gasteiger partial charge in [-0.2, -0.15) is 0 Å². The molecule has 3 nitrogen and oxygen atoms in total. The molecule has 1 heterocycles. The Labute approximate surface area is 126 Å². The topological polar surface area (TPSA) is 29.5 Å². The molecule has 0 bridgehead atoms. The Hall–Kier alpha value is -1.61. The zero-order valence-electron chi connectivity index (χ0n) is 12.7. The standard InChI is InChI=1S/C18H23NO2/c1-2-21-18(20)9-8-15-4-3-5-16-13-19(11-10-17(15)16)12-14-6-7-14/h3-5,8-9,14H,2,6-7,10-13H2,1H3. The molecule has 21 heavy (non-hydrogen) atoms. The van der Waals surface area contributed by atoms with Crippen LogP contribution in [0, 0.1) is 5.92 Å². The molecule has 1 aromatic rings. The number of hydrogen-bond donors (Lipinski definition) is 0. The monoisotopic (exact) mass is 285 g/mol. The Morgan fingerprint density at radius 3 is 3.05 bits per heavy atom. The van der Waals surface area contributed by atoms with Crippen molar-refractivity contribution in [3.8, 4) is 0 Å². The van der Waals surface area contributed by atoms with Gasteiger partial charge in [0.2, 0.25) is 0 Å². The first-order chi connectivity index (χ1) is 10.3. The van der Waals surface area contributed by atoms with E-state index in [-0.39, 0.29) is 5.97 Å².